The van der Waals surface area contributed by atoms with Crippen LogP contribution >= 0.6 is 0 Å². The second kappa shape index (κ2) is 6.60. The number of hydrogen-bond donors (Lipinski definition) is 0. The summed E-state index contributed by atoms with van der Waals surface area (Å²) < 4.78 is 46.9. The van der Waals surface area contributed by atoms with Gasteiger partial charge in [-0.05, 0) is 12.1 Å². The summed E-state index contributed by atoms with van der Waals surface area (Å²) in [6.45, 7) is 0. The number of carbonyl (C=O) groups excluding carboxylic acids is 2. The number of carbonyl (C=O) groups is 2. The van der Waals surface area contributed by atoms with Crippen LogP contribution in [-0.2, 0) is 15.7 Å². The van der Waals surface area contributed by atoms with Gasteiger partial charge in [-0.15, -0.1) is 10.2 Å². The lowest BCUT2D eigenvalue weighted by atomic mass is 10.1. The monoisotopic (exact) mass is 341 g/mol. The molecule has 0 bridgehead atoms. The number of methoxy groups -OCH3 is 2. The summed E-state index contributed by atoms with van der Waals surface area (Å²) >= 11 is 0. The molecule has 0 spiro atoms. The fraction of sp³-hybridized carbons (Fsp3) is 0.214. The Labute approximate surface area is 133 Å². The minimum absolute atomic E-state index is 0.128. The number of hydrogen-bond acceptors (Lipinski definition) is 7. The first-order chi connectivity index (χ1) is 11.3. The van der Waals surface area contributed by atoms with E-state index in [4.69, 9.17) is 0 Å². The van der Waals surface area contributed by atoms with E-state index in [1.807, 2.05) is 0 Å². The van der Waals surface area contributed by atoms with Crippen molar-refractivity contribution in [2.24, 2.45) is 0 Å². The highest BCUT2D eigenvalue weighted by molar-refractivity contribution is 5.94. The fourth-order valence-electron chi connectivity index (χ4n) is 1.76. The fourth-order valence-corrected chi connectivity index (χ4v) is 1.76. The highest BCUT2D eigenvalue weighted by Gasteiger charge is 2.30. The minimum atomic E-state index is -4.51. The Kier molecular flexibility index (Phi) is 4.77. The molecular weight excluding hydrogens is 331 g/mol. The SMILES string of the molecule is COC(=O)c1nnc(C(=O)OC)c(-c2ccc(C(F)(F)F)cc2)n1. The van der Waals surface area contributed by atoms with E-state index >= 15 is 0 Å². The van der Waals surface area contributed by atoms with Gasteiger partial charge in [-0.3, -0.25) is 0 Å². The van der Waals surface area contributed by atoms with E-state index in [2.05, 4.69) is 24.7 Å². The number of ether oxygens (including phenoxy) is 2. The lowest BCUT2D eigenvalue weighted by Gasteiger charge is -2.09. The Bertz CT molecular complexity index is 776. The molecule has 0 aliphatic heterocycles. The molecule has 0 saturated heterocycles. The number of aromatic nitrogens is 3. The third-order valence-corrected chi connectivity index (χ3v) is 2.92. The summed E-state index contributed by atoms with van der Waals surface area (Å²) in [5.41, 5.74) is -1.24. The average molecular weight is 341 g/mol. The number of esters is 2. The maximum Gasteiger partial charge on any atom is 0.416 e. The van der Waals surface area contributed by atoms with Crippen molar-refractivity contribution in [3.63, 3.8) is 0 Å². The van der Waals surface area contributed by atoms with Crippen LogP contribution in [0.15, 0.2) is 24.3 Å². The van der Waals surface area contributed by atoms with Crippen molar-refractivity contribution in [3.05, 3.63) is 41.3 Å². The van der Waals surface area contributed by atoms with Crippen LogP contribution in [0.4, 0.5) is 13.2 Å². The van der Waals surface area contributed by atoms with Crippen molar-refractivity contribution in [2.75, 3.05) is 14.2 Å². The van der Waals surface area contributed by atoms with E-state index in [1.54, 1.807) is 0 Å². The van der Waals surface area contributed by atoms with E-state index in [0.717, 1.165) is 38.5 Å². The second-order valence-electron chi connectivity index (χ2n) is 4.39. The number of rotatable bonds is 3. The van der Waals surface area contributed by atoms with Crippen LogP contribution in [0.1, 0.15) is 26.7 Å². The van der Waals surface area contributed by atoms with Crippen molar-refractivity contribution >= 4 is 11.9 Å². The Hall–Kier alpha value is -3.04. The van der Waals surface area contributed by atoms with Gasteiger partial charge in [-0.25, -0.2) is 14.6 Å². The molecule has 0 N–H and O–H groups in total. The first kappa shape index (κ1) is 17.3. The predicted molar refractivity (Wildman–Crippen MR) is 72.9 cm³/mol. The van der Waals surface area contributed by atoms with Gasteiger partial charge in [0.15, 0.2) is 5.69 Å². The zero-order valence-electron chi connectivity index (χ0n) is 12.4. The maximum absolute atomic E-state index is 12.6. The van der Waals surface area contributed by atoms with Crippen molar-refractivity contribution < 1.29 is 32.2 Å². The van der Waals surface area contributed by atoms with Crippen LogP contribution in [0.5, 0.6) is 0 Å². The van der Waals surface area contributed by atoms with Gasteiger partial charge in [-0.1, -0.05) is 12.1 Å². The highest BCUT2D eigenvalue weighted by Crippen LogP contribution is 2.31. The zero-order valence-corrected chi connectivity index (χ0v) is 12.4. The Morgan fingerprint density at radius 3 is 2.04 bits per heavy atom. The first-order valence-electron chi connectivity index (χ1n) is 6.37. The van der Waals surface area contributed by atoms with Gasteiger partial charge in [-0.2, -0.15) is 13.2 Å². The molecule has 7 nitrogen and oxygen atoms in total. The van der Waals surface area contributed by atoms with Gasteiger partial charge >= 0.3 is 18.1 Å². The summed E-state index contributed by atoms with van der Waals surface area (Å²) in [4.78, 5) is 27.0. The first-order valence-corrected chi connectivity index (χ1v) is 6.37. The molecule has 0 fully saturated rings. The summed E-state index contributed by atoms with van der Waals surface area (Å²) in [6.07, 6.45) is -4.51. The summed E-state index contributed by atoms with van der Waals surface area (Å²) in [5, 5.41) is 7.00. The van der Waals surface area contributed by atoms with Crippen LogP contribution in [0.3, 0.4) is 0 Å². The lowest BCUT2D eigenvalue weighted by molar-refractivity contribution is -0.137. The zero-order chi connectivity index (χ0) is 17.9. The Balaban J connectivity index is 2.57. The molecule has 24 heavy (non-hydrogen) atoms. The molecule has 0 unspecified atom stereocenters. The third kappa shape index (κ3) is 3.47. The van der Waals surface area contributed by atoms with Crippen LogP contribution in [0.25, 0.3) is 11.3 Å². The molecule has 10 heteroatoms. The van der Waals surface area contributed by atoms with Crippen LogP contribution < -0.4 is 0 Å². The van der Waals surface area contributed by atoms with Crippen LogP contribution in [-0.4, -0.2) is 41.3 Å². The van der Waals surface area contributed by atoms with E-state index in [1.165, 1.54) is 0 Å². The van der Waals surface area contributed by atoms with Gasteiger partial charge in [0.25, 0.3) is 5.82 Å². The number of nitrogens with zero attached hydrogens (tertiary/aromatic N) is 3. The van der Waals surface area contributed by atoms with Gasteiger partial charge in [0, 0.05) is 5.56 Å². The smallest absolute Gasteiger partial charge is 0.416 e. The molecule has 0 atom stereocenters. The summed E-state index contributed by atoms with van der Waals surface area (Å²) in [7, 11) is 2.19. The Morgan fingerprint density at radius 1 is 0.958 bits per heavy atom. The van der Waals surface area contributed by atoms with E-state index in [0.29, 0.717) is 0 Å². The van der Waals surface area contributed by atoms with Crippen LogP contribution in [0.2, 0.25) is 0 Å². The number of alkyl halides is 3. The molecule has 0 aliphatic rings. The van der Waals surface area contributed by atoms with E-state index < -0.39 is 29.5 Å². The summed E-state index contributed by atoms with van der Waals surface area (Å²) in [5.74, 6) is -2.26. The predicted octanol–water partition coefficient (Wildman–Crippen LogP) is 2.13. The van der Waals surface area contributed by atoms with Crippen molar-refractivity contribution in [3.8, 4) is 11.3 Å². The van der Waals surface area contributed by atoms with Crippen molar-refractivity contribution in [1.82, 2.24) is 15.2 Å². The van der Waals surface area contributed by atoms with Gasteiger partial charge in [0.1, 0.15) is 5.69 Å². The standard InChI is InChI=1S/C14H10F3N3O4/c1-23-12(21)10-9(18-11(20-19-10)13(22)24-2)7-3-5-8(6-4-7)14(15,16)17/h3-6H,1-2H3. The molecule has 0 radical (unpaired) electrons. The van der Waals surface area contributed by atoms with E-state index in [-0.39, 0.29) is 17.0 Å². The van der Waals surface area contributed by atoms with Gasteiger partial charge < -0.3 is 9.47 Å². The molecule has 0 amide bonds. The molecule has 2 rings (SSSR count). The highest BCUT2D eigenvalue weighted by atomic mass is 19.4. The van der Waals surface area contributed by atoms with Crippen molar-refractivity contribution in [2.45, 2.75) is 6.18 Å². The Morgan fingerprint density at radius 2 is 1.54 bits per heavy atom. The second-order valence-corrected chi connectivity index (χ2v) is 4.39. The van der Waals surface area contributed by atoms with Crippen molar-refractivity contribution in [1.29, 1.82) is 0 Å². The molecule has 2 aromatic rings. The summed E-state index contributed by atoms with van der Waals surface area (Å²) in [6, 6.07) is 3.83. The van der Waals surface area contributed by atoms with Crippen LogP contribution in [0, 0.1) is 0 Å². The largest absolute Gasteiger partial charge is 0.464 e. The molecule has 126 valence electrons. The lowest BCUT2D eigenvalue weighted by Crippen LogP contribution is -2.15. The third-order valence-electron chi connectivity index (χ3n) is 2.92. The topological polar surface area (TPSA) is 91.3 Å². The number of halogens is 3. The normalized spacial score (nSPS) is 11.0. The van der Waals surface area contributed by atoms with Gasteiger partial charge in [0.2, 0.25) is 0 Å². The molecule has 1 heterocycles. The average Bonchev–Trinajstić information content (AvgIpc) is 2.59. The molecular formula is C14H10F3N3O4. The van der Waals surface area contributed by atoms with Gasteiger partial charge in [0.05, 0.1) is 19.8 Å². The van der Waals surface area contributed by atoms with E-state index in [9.17, 15) is 22.8 Å². The molecule has 1 aromatic carbocycles. The maximum atomic E-state index is 12.6. The molecule has 0 saturated carbocycles. The molecule has 1 aromatic heterocycles. The number of benzene rings is 1. The molecule has 0 aliphatic carbocycles. The quantitative estimate of drug-likeness (QED) is 0.790. The minimum Gasteiger partial charge on any atom is -0.464 e.